The first-order valence-corrected chi connectivity index (χ1v) is 3.43. The van der Waals surface area contributed by atoms with Gasteiger partial charge < -0.3 is 15.2 Å². The number of aliphatic hydroxyl groups excluding tert-OH is 1. The molecule has 1 rings (SSSR count). The standard InChI is InChI=1S/C6H11BO3/c8-6-3-1-5(2-4-6)7(9)10/h1,6,8-10H,2-4H2. The Morgan fingerprint density at radius 2 is 2.20 bits per heavy atom. The minimum Gasteiger partial charge on any atom is -0.423 e. The Morgan fingerprint density at radius 1 is 1.50 bits per heavy atom. The van der Waals surface area contributed by atoms with Crippen molar-refractivity contribution in [3.05, 3.63) is 11.5 Å². The van der Waals surface area contributed by atoms with E-state index in [-0.39, 0.29) is 6.10 Å². The van der Waals surface area contributed by atoms with Crippen LogP contribution in [0.3, 0.4) is 0 Å². The van der Waals surface area contributed by atoms with Crippen LogP contribution in [0.15, 0.2) is 11.5 Å². The van der Waals surface area contributed by atoms with Crippen molar-refractivity contribution >= 4 is 7.12 Å². The molecule has 0 saturated heterocycles. The maximum Gasteiger partial charge on any atom is 0.483 e. The highest BCUT2D eigenvalue weighted by Gasteiger charge is 2.19. The maximum absolute atomic E-state index is 9.00. The molecule has 0 spiro atoms. The largest absolute Gasteiger partial charge is 0.483 e. The van der Waals surface area contributed by atoms with E-state index in [9.17, 15) is 0 Å². The van der Waals surface area contributed by atoms with Gasteiger partial charge in [0.2, 0.25) is 0 Å². The topological polar surface area (TPSA) is 60.7 Å². The summed E-state index contributed by atoms with van der Waals surface area (Å²) in [5, 5.41) is 26.3. The van der Waals surface area contributed by atoms with Crippen molar-refractivity contribution in [2.45, 2.75) is 25.4 Å². The minimum absolute atomic E-state index is 0.289. The Hall–Kier alpha value is -0.315. The predicted octanol–water partition coefficient (Wildman–Crippen LogP) is -0.530. The van der Waals surface area contributed by atoms with Crippen molar-refractivity contribution in [1.82, 2.24) is 0 Å². The zero-order chi connectivity index (χ0) is 7.56. The van der Waals surface area contributed by atoms with E-state index >= 15 is 0 Å². The SMILES string of the molecule is OB(O)C1=CCC(O)CC1. The van der Waals surface area contributed by atoms with E-state index in [1.165, 1.54) is 0 Å². The summed E-state index contributed by atoms with van der Waals surface area (Å²) in [6.07, 6.45) is 3.19. The van der Waals surface area contributed by atoms with E-state index < -0.39 is 7.12 Å². The van der Waals surface area contributed by atoms with Gasteiger partial charge in [0.05, 0.1) is 6.10 Å². The number of hydrogen-bond donors (Lipinski definition) is 3. The number of allylic oxidation sites excluding steroid dienone is 1. The van der Waals surface area contributed by atoms with Crippen LogP contribution < -0.4 is 0 Å². The van der Waals surface area contributed by atoms with Gasteiger partial charge in [0.15, 0.2) is 0 Å². The molecule has 0 bridgehead atoms. The highest BCUT2D eigenvalue weighted by atomic mass is 16.4. The number of aliphatic hydroxyl groups is 1. The molecule has 3 N–H and O–H groups in total. The second-order valence-electron chi connectivity index (χ2n) is 2.58. The highest BCUT2D eigenvalue weighted by Crippen LogP contribution is 2.18. The lowest BCUT2D eigenvalue weighted by Crippen LogP contribution is -2.21. The Balaban J connectivity index is 2.48. The van der Waals surface area contributed by atoms with E-state index in [4.69, 9.17) is 15.2 Å². The van der Waals surface area contributed by atoms with E-state index in [0.717, 1.165) is 0 Å². The third-order valence-electron chi connectivity index (χ3n) is 1.75. The molecule has 0 aromatic heterocycles. The molecule has 10 heavy (non-hydrogen) atoms. The fourth-order valence-corrected chi connectivity index (χ4v) is 1.08. The zero-order valence-corrected chi connectivity index (χ0v) is 5.70. The van der Waals surface area contributed by atoms with Crippen LogP contribution in [0.25, 0.3) is 0 Å². The van der Waals surface area contributed by atoms with Gasteiger partial charge in [0.1, 0.15) is 0 Å². The van der Waals surface area contributed by atoms with Gasteiger partial charge >= 0.3 is 7.12 Å². The molecule has 1 aliphatic rings. The Morgan fingerprint density at radius 3 is 2.60 bits per heavy atom. The van der Waals surface area contributed by atoms with Gasteiger partial charge in [-0.1, -0.05) is 6.08 Å². The molecule has 1 aliphatic carbocycles. The summed E-state index contributed by atoms with van der Waals surface area (Å²) in [4.78, 5) is 0. The Bertz CT molecular complexity index is 144. The van der Waals surface area contributed by atoms with Crippen molar-refractivity contribution in [1.29, 1.82) is 0 Å². The van der Waals surface area contributed by atoms with Crippen molar-refractivity contribution in [2.75, 3.05) is 0 Å². The normalized spacial score (nSPS) is 25.9. The molecule has 1 atom stereocenters. The summed E-state index contributed by atoms with van der Waals surface area (Å²) in [6.45, 7) is 0. The Kier molecular flexibility index (Phi) is 2.48. The first-order valence-electron chi connectivity index (χ1n) is 3.43. The molecule has 0 radical (unpaired) electrons. The van der Waals surface area contributed by atoms with Gasteiger partial charge in [-0.2, -0.15) is 0 Å². The number of hydrogen-bond acceptors (Lipinski definition) is 3. The summed E-state index contributed by atoms with van der Waals surface area (Å²) in [7, 11) is -1.33. The quantitative estimate of drug-likeness (QED) is 0.431. The smallest absolute Gasteiger partial charge is 0.423 e. The van der Waals surface area contributed by atoms with Crippen LogP contribution in [0.2, 0.25) is 0 Å². The molecule has 3 nitrogen and oxygen atoms in total. The summed E-state index contributed by atoms with van der Waals surface area (Å²) in [5.74, 6) is 0. The number of rotatable bonds is 1. The van der Waals surface area contributed by atoms with Gasteiger partial charge in [0, 0.05) is 0 Å². The molecule has 0 fully saturated rings. The molecule has 0 aromatic rings. The van der Waals surface area contributed by atoms with E-state index in [1.807, 2.05) is 0 Å². The summed E-state index contributed by atoms with van der Waals surface area (Å²) >= 11 is 0. The van der Waals surface area contributed by atoms with Gasteiger partial charge in [0.25, 0.3) is 0 Å². The lowest BCUT2D eigenvalue weighted by molar-refractivity contribution is 0.163. The van der Waals surface area contributed by atoms with Gasteiger partial charge in [-0.3, -0.25) is 0 Å². The van der Waals surface area contributed by atoms with Crippen molar-refractivity contribution in [3.63, 3.8) is 0 Å². The molecule has 0 aromatic carbocycles. The van der Waals surface area contributed by atoms with Crippen molar-refractivity contribution in [2.24, 2.45) is 0 Å². The van der Waals surface area contributed by atoms with Crippen LogP contribution in [-0.4, -0.2) is 28.4 Å². The summed E-state index contributed by atoms with van der Waals surface area (Å²) in [6, 6.07) is 0. The van der Waals surface area contributed by atoms with Crippen LogP contribution in [0.5, 0.6) is 0 Å². The molecule has 0 aliphatic heterocycles. The van der Waals surface area contributed by atoms with Crippen molar-refractivity contribution < 1.29 is 15.2 Å². The average Bonchev–Trinajstić information content (AvgIpc) is 1.88. The zero-order valence-electron chi connectivity index (χ0n) is 5.70. The first-order chi connectivity index (χ1) is 4.70. The fraction of sp³-hybridized carbons (Fsp3) is 0.667. The maximum atomic E-state index is 9.00. The van der Waals surface area contributed by atoms with Crippen LogP contribution in [0.4, 0.5) is 0 Å². The minimum atomic E-state index is -1.33. The van der Waals surface area contributed by atoms with E-state index in [2.05, 4.69) is 0 Å². The second-order valence-corrected chi connectivity index (χ2v) is 2.58. The van der Waals surface area contributed by atoms with Gasteiger partial charge in [-0.15, -0.1) is 0 Å². The second kappa shape index (κ2) is 3.19. The molecular formula is C6H11BO3. The molecule has 0 amide bonds. The van der Waals surface area contributed by atoms with Gasteiger partial charge in [-0.25, -0.2) is 0 Å². The predicted molar refractivity (Wildman–Crippen MR) is 38.1 cm³/mol. The molecule has 1 unspecified atom stereocenters. The molecular weight excluding hydrogens is 131 g/mol. The van der Waals surface area contributed by atoms with E-state index in [0.29, 0.717) is 24.7 Å². The van der Waals surface area contributed by atoms with Crippen LogP contribution in [0, 0.1) is 0 Å². The lowest BCUT2D eigenvalue weighted by atomic mass is 9.73. The molecule has 0 saturated carbocycles. The van der Waals surface area contributed by atoms with Crippen molar-refractivity contribution in [3.8, 4) is 0 Å². The van der Waals surface area contributed by atoms with E-state index in [1.54, 1.807) is 6.08 Å². The molecule has 0 heterocycles. The summed E-state index contributed by atoms with van der Waals surface area (Å²) < 4.78 is 0. The van der Waals surface area contributed by atoms with Gasteiger partial charge in [-0.05, 0) is 24.7 Å². The van der Waals surface area contributed by atoms with Crippen LogP contribution in [-0.2, 0) is 0 Å². The average molecular weight is 142 g/mol. The highest BCUT2D eigenvalue weighted by molar-refractivity contribution is 6.50. The third kappa shape index (κ3) is 1.83. The van der Waals surface area contributed by atoms with Crippen LogP contribution >= 0.6 is 0 Å². The first kappa shape index (κ1) is 7.79. The summed E-state index contributed by atoms with van der Waals surface area (Å²) in [5.41, 5.74) is 0.630. The Labute approximate surface area is 60.1 Å². The monoisotopic (exact) mass is 142 g/mol. The molecule has 4 heteroatoms. The lowest BCUT2D eigenvalue weighted by Gasteiger charge is -2.16. The third-order valence-corrected chi connectivity index (χ3v) is 1.75. The fourth-order valence-electron chi connectivity index (χ4n) is 1.08. The van der Waals surface area contributed by atoms with Crippen LogP contribution in [0.1, 0.15) is 19.3 Å². The molecule has 56 valence electrons.